The zero-order valence-electron chi connectivity index (χ0n) is 10.1. The number of aryl methyl sites for hydroxylation is 1. The first-order valence-corrected chi connectivity index (χ1v) is 6.02. The van der Waals surface area contributed by atoms with Gasteiger partial charge in [-0.1, -0.05) is 12.1 Å². The minimum absolute atomic E-state index is 0.595. The molecule has 0 saturated carbocycles. The van der Waals surface area contributed by atoms with E-state index in [0.717, 1.165) is 37.8 Å². The Balaban J connectivity index is 1.87. The molecular weight excluding hydrogens is 204 g/mol. The number of aromatic nitrogens is 2. The summed E-state index contributed by atoms with van der Waals surface area (Å²) in [6, 6.07) is 0.595. The topological polar surface area (TPSA) is 54.2 Å². The van der Waals surface area contributed by atoms with Crippen LogP contribution in [0.1, 0.15) is 31.5 Å². The molecule has 0 aliphatic carbocycles. The van der Waals surface area contributed by atoms with Gasteiger partial charge in [-0.25, -0.2) is 0 Å². The number of rotatable bonds is 4. The van der Waals surface area contributed by atoms with Crippen LogP contribution in [0.5, 0.6) is 0 Å². The Hall–Kier alpha value is -0.940. The molecule has 2 heterocycles. The van der Waals surface area contributed by atoms with E-state index in [1.165, 1.54) is 12.8 Å². The van der Waals surface area contributed by atoms with Gasteiger partial charge in [0.15, 0.2) is 5.82 Å². The van der Waals surface area contributed by atoms with Crippen molar-refractivity contribution in [1.82, 2.24) is 20.4 Å². The molecule has 2 rings (SSSR count). The SMILES string of the molecule is CCc1nc(CN(C)C2CCCNC2)no1. The van der Waals surface area contributed by atoms with Crippen molar-refractivity contribution in [1.29, 1.82) is 0 Å². The summed E-state index contributed by atoms with van der Waals surface area (Å²) in [6.07, 6.45) is 3.31. The average molecular weight is 224 g/mol. The first-order chi connectivity index (χ1) is 7.79. The number of piperidine rings is 1. The quantitative estimate of drug-likeness (QED) is 0.820. The van der Waals surface area contributed by atoms with Gasteiger partial charge < -0.3 is 9.84 Å². The molecule has 1 unspecified atom stereocenters. The summed E-state index contributed by atoms with van der Waals surface area (Å²) in [5.41, 5.74) is 0. The van der Waals surface area contributed by atoms with E-state index in [9.17, 15) is 0 Å². The Labute approximate surface area is 96.2 Å². The normalized spacial score (nSPS) is 21.6. The molecule has 1 atom stereocenters. The molecule has 0 bridgehead atoms. The van der Waals surface area contributed by atoms with Crippen LogP contribution in [-0.2, 0) is 13.0 Å². The second kappa shape index (κ2) is 5.41. The van der Waals surface area contributed by atoms with Crippen LogP contribution >= 0.6 is 0 Å². The van der Waals surface area contributed by atoms with Gasteiger partial charge in [0, 0.05) is 19.0 Å². The standard InChI is InChI=1S/C11H20N4O/c1-3-11-13-10(14-16-11)8-15(2)9-5-4-6-12-7-9/h9,12H,3-8H2,1-2H3. The van der Waals surface area contributed by atoms with Crippen molar-refractivity contribution in [2.45, 2.75) is 38.8 Å². The van der Waals surface area contributed by atoms with E-state index in [0.29, 0.717) is 6.04 Å². The van der Waals surface area contributed by atoms with Crippen LogP contribution in [0.3, 0.4) is 0 Å². The summed E-state index contributed by atoms with van der Waals surface area (Å²) in [6.45, 7) is 5.00. The zero-order chi connectivity index (χ0) is 11.4. The largest absolute Gasteiger partial charge is 0.339 e. The number of hydrogen-bond acceptors (Lipinski definition) is 5. The minimum Gasteiger partial charge on any atom is -0.339 e. The predicted octanol–water partition coefficient (Wildman–Crippen LogP) is 0.816. The van der Waals surface area contributed by atoms with Crippen molar-refractivity contribution >= 4 is 0 Å². The van der Waals surface area contributed by atoms with Crippen molar-refractivity contribution in [3.63, 3.8) is 0 Å². The maximum Gasteiger partial charge on any atom is 0.226 e. The Bertz CT molecular complexity index is 320. The molecule has 1 aromatic rings. The summed E-state index contributed by atoms with van der Waals surface area (Å²) < 4.78 is 5.10. The molecule has 90 valence electrons. The molecule has 1 aliphatic heterocycles. The number of likely N-dealkylation sites (N-methyl/N-ethyl adjacent to an activating group) is 1. The van der Waals surface area contributed by atoms with E-state index in [-0.39, 0.29) is 0 Å². The highest BCUT2D eigenvalue weighted by Gasteiger charge is 2.19. The van der Waals surface area contributed by atoms with Gasteiger partial charge in [0.05, 0.1) is 6.54 Å². The van der Waals surface area contributed by atoms with E-state index in [2.05, 4.69) is 27.4 Å². The number of nitrogens with one attached hydrogen (secondary N) is 1. The first-order valence-electron chi connectivity index (χ1n) is 6.02. The number of nitrogens with zero attached hydrogens (tertiary/aromatic N) is 3. The lowest BCUT2D eigenvalue weighted by Crippen LogP contribution is -2.43. The van der Waals surface area contributed by atoms with Crippen LogP contribution in [-0.4, -0.2) is 41.2 Å². The summed E-state index contributed by atoms with van der Waals surface area (Å²) in [5.74, 6) is 1.52. The molecule has 1 aromatic heterocycles. The third-order valence-electron chi connectivity index (χ3n) is 3.10. The van der Waals surface area contributed by atoms with E-state index in [1.54, 1.807) is 0 Å². The fourth-order valence-electron chi connectivity index (χ4n) is 2.06. The molecule has 0 spiro atoms. The fraction of sp³-hybridized carbons (Fsp3) is 0.818. The summed E-state index contributed by atoms with van der Waals surface area (Å²) in [7, 11) is 2.12. The molecule has 1 aliphatic rings. The molecule has 1 saturated heterocycles. The van der Waals surface area contributed by atoms with E-state index >= 15 is 0 Å². The molecule has 1 N–H and O–H groups in total. The average Bonchev–Trinajstić information content (AvgIpc) is 2.78. The molecular formula is C11H20N4O. The summed E-state index contributed by atoms with van der Waals surface area (Å²) in [5, 5.41) is 7.39. The molecule has 5 nitrogen and oxygen atoms in total. The van der Waals surface area contributed by atoms with Crippen molar-refractivity contribution in [2.75, 3.05) is 20.1 Å². The predicted molar refractivity (Wildman–Crippen MR) is 61.0 cm³/mol. The maximum atomic E-state index is 5.10. The molecule has 0 aromatic carbocycles. The smallest absolute Gasteiger partial charge is 0.226 e. The van der Waals surface area contributed by atoms with Gasteiger partial charge in [-0.05, 0) is 26.4 Å². The van der Waals surface area contributed by atoms with Gasteiger partial charge in [0.25, 0.3) is 0 Å². The maximum absolute atomic E-state index is 5.10. The first kappa shape index (κ1) is 11.5. The zero-order valence-corrected chi connectivity index (χ0v) is 10.1. The molecule has 5 heteroatoms. The van der Waals surface area contributed by atoms with Crippen LogP contribution in [0.4, 0.5) is 0 Å². The molecule has 0 amide bonds. The van der Waals surface area contributed by atoms with Gasteiger partial charge in [-0.2, -0.15) is 4.98 Å². The monoisotopic (exact) mass is 224 g/mol. The number of hydrogen-bond donors (Lipinski definition) is 1. The Morgan fingerprint density at radius 3 is 3.06 bits per heavy atom. The van der Waals surface area contributed by atoms with E-state index in [4.69, 9.17) is 4.52 Å². The second-order valence-corrected chi connectivity index (χ2v) is 4.37. The van der Waals surface area contributed by atoms with Crippen molar-refractivity contribution in [3.8, 4) is 0 Å². The minimum atomic E-state index is 0.595. The fourth-order valence-corrected chi connectivity index (χ4v) is 2.06. The van der Waals surface area contributed by atoms with Crippen molar-refractivity contribution < 1.29 is 4.52 Å². The second-order valence-electron chi connectivity index (χ2n) is 4.37. The van der Waals surface area contributed by atoms with Crippen LogP contribution in [0.15, 0.2) is 4.52 Å². The summed E-state index contributed by atoms with van der Waals surface area (Å²) >= 11 is 0. The third kappa shape index (κ3) is 2.80. The Morgan fingerprint density at radius 2 is 2.44 bits per heavy atom. The van der Waals surface area contributed by atoms with E-state index < -0.39 is 0 Å². The Kier molecular flexibility index (Phi) is 3.90. The Morgan fingerprint density at radius 1 is 1.56 bits per heavy atom. The molecule has 0 radical (unpaired) electrons. The van der Waals surface area contributed by atoms with Gasteiger partial charge in [0.1, 0.15) is 0 Å². The van der Waals surface area contributed by atoms with Gasteiger partial charge in [-0.15, -0.1) is 0 Å². The van der Waals surface area contributed by atoms with Crippen LogP contribution < -0.4 is 5.32 Å². The van der Waals surface area contributed by atoms with Crippen LogP contribution in [0.25, 0.3) is 0 Å². The lowest BCUT2D eigenvalue weighted by Gasteiger charge is -2.30. The van der Waals surface area contributed by atoms with Gasteiger partial charge in [-0.3, -0.25) is 4.90 Å². The van der Waals surface area contributed by atoms with Crippen molar-refractivity contribution in [2.24, 2.45) is 0 Å². The highest BCUT2D eigenvalue weighted by atomic mass is 16.5. The van der Waals surface area contributed by atoms with E-state index in [1.807, 2.05) is 6.92 Å². The summed E-state index contributed by atoms with van der Waals surface area (Å²) in [4.78, 5) is 6.63. The highest BCUT2D eigenvalue weighted by Crippen LogP contribution is 2.11. The van der Waals surface area contributed by atoms with Gasteiger partial charge >= 0.3 is 0 Å². The van der Waals surface area contributed by atoms with Gasteiger partial charge in [0.2, 0.25) is 5.89 Å². The van der Waals surface area contributed by atoms with Crippen molar-refractivity contribution in [3.05, 3.63) is 11.7 Å². The highest BCUT2D eigenvalue weighted by molar-refractivity contribution is 4.87. The molecule has 1 fully saturated rings. The third-order valence-corrected chi connectivity index (χ3v) is 3.10. The lowest BCUT2D eigenvalue weighted by molar-refractivity contribution is 0.189. The molecule has 16 heavy (non-hydrogen) atoms. The van der Waals surface area contributed by atoms with Crippen LogP contribution in [0, 0.1) is 0 Å². The lowest BCUT2D eigenvalue weighted by atomic mass is 10.1. The van der Waals surface area contributed by atoms with Crippen LogP contribution in [0.2, 0.25) is 0 Å².